The number of hydrogen-bond donors (Lipinski definition) is 1. The monoisotopic (exact) mass is 529 g/mol. The van der Waals surface area contributed by atoms with E-state index in [-0.39, 0.29) is 28.2 Å². The summed E-state index contributed by atoms with van der Waals surface area (Å²) in [6.45, 7) is 3.48. The van der Waals surface area contributed by atoms with E-state index in [0.717, 1.165) is 16.1 Å². The van der Waals surface area contributed by atoms with Crippen molar-refractivity contribution in [3.8, 4) is 5.75 Å². The summed E-state index contributed by atoms with van der Waals surface area (Å²) < 4.78 is 31.4. The molecular weight excluding hydrogens is 501 g/mol. The first-order valence-electron chi connectivity index (χ1n) is 10.6. The zero-order valence-corrected chi connectivity index (χ0v) is 21.9. The summed E-state index contributed by atoms with van der Waals surface area (Å²) in [7, 11) is -2.38. The lowest BCUT2D eigenvalue weighted by Gasteiger charge is -2.33. The van der Waals surface area contributed by atoms with Gasteiger partial charge in [-0.1, -0.05) is 42.3 Å². The number of amides is 2. The molecule has 0 bridgehead atoms. The summed E-state index contributed by atoms with van der Waals surface area (Å²) in [4.78, 5) is 27.7. The van der Waals surface area contributed by atoms with E-state index >= 15 is 0 Å². The Labute approximate surface area is 210 Å². The molecule has 0 aromatic heterocycles. The van der Waals surface area contributed by atoms with Gasteiger partial charge in [0.15, 0.2) is 0 Å². The van der Waals surface area contributed by atoms with Crippen molar-refractivity contribution in [2.45, 2.75) is 32.9 Å². The van der Waals surface area contributed by atoms with Crippen LogP contribution in [-0.4, -0.2) is 57.6 Å². The second-order valence-electron chi connectivity index (χ2n) is 7.56. The van der Waals surface area contributed by atoms with Gasteiger partial charge in [-0.05, 0) is 49.2 Å². The van der Waals surface area contributed by atoms with Crippen LogP contribution in [0.5, 0.6) is 5.75 Å². The maximum absolute atomic E-state index is 13.6. The molecule has 1 atom stereocenters. The molecule has 0 fully saturated rings. The van der Waals surface area contributed by atoms with Crippen molar-refractivity contribution in [2.75, 3.05) is 30.8 Å². The Morgan fingerprint density at radius 2 is 1.82 bits per heavy atom. The quantitative estimate of drug-likeness (QED) is 0.478. The average Bonchev–Trinajstić information content (AvgIpc) is 2.78. The second-order valence-corrected chi connectivity index (χ2v) is 10.3. The van der Waals surface area contributed by atoms with E-state index in [9.17, 15) is 18.0 Å². The number of sulfonamides is 1. The summed E-state index contributed by atoms with van der Waals surface area (Å²) in [6, 6.07) is 10.7. The molecule has 0 aliphatic carbocycles. The van der Waals surface area contributed by atoms with E-state index in [0.29, 0.717) is 18.7 Å². The van der Waals surface area contributed by atoms with E-state index in [1.54, 1.807) is 38.1 Å². The lowest BCUT2D eigenvalue weighted by Crippen LogP contribution is -2.52. The summed E-state index contributed by atoms with van der Waals surface area (Å²) in [5, 5.41) is 3.13. The first-order chi connectivity index (χ1) is 16.0. The smallest absolute Gasteiger partial charge is 0.244 e. The van der Waals surface area contributed by atoms with Crippen LogP contribution in [-0.2, 0) is 26.2 Å². The van der Waals surface area contributed by atoms with Gasteiger partial charge in [0.25, 0.3) is 0 Å². The minimum Gasteiger partial charge on any atom is -0.497 e. The van der Waals surface area contributed by atoms with Gasteiger partial charge in [-0.2, -0.15) is 0 Å². The van der Waals surface area contributed by atoms with Crippen LogP contribution in [0, 0.1) is 0 Å². The van der Waals surface area contributed by atoms with Crippen molar-refractivity contribution >= 4 is 50.7 Å². The minimum atomic E-state index is -3.91. The number of nitrogens with zero attached hydrogens (tertiary/aromatic N) is 2. The molecule has 8 nitrogen and oxygen atoms in total. The van der Waals surface area contributed by atoms with Crippen LogP contribution in [0.2, 0.25) is 10.0 Å². The van der Waals surface area contributed by atoms with Crippen molar-refractivity contribution < 1.29 is 22.7 Å². The number of rotatable bonds is 11. The third kappa shape index (κ3) is 7.25. The van der Waals surface area contributed by atoms with Gasteiger partial charge in [0.05, 0.1) is 24.1 Å². The Morgan fingerprint density at radius 1 is 1.12 bits per heavy atom. The minimum absolute atomic E-state index is 0.0759. The first-order valence-corrected chi connectivity index (χ1v) is 13.2. The third-order valence-electron chi connectivity index (χ3n) is 5.08. The SMILES string of the molecule is CCNC(=O)[C@H](CC)N(Cc1cccc(OC)c1)C(=O)CN(c1cc(Cl)ccc1Cl)S(C)(=O)=O. The molecule has 11 heteroatoms. The van der Waals surface area contributed by atoms with Gasteiger partial charge in [0.2, 0.25) is 21.8 Å². The molecule has 1 N–H and O–H groups in total. The highest BCUT2D eigenvalue weighted by Crippen LogP contribution is 2.31. The third-order valence-corrected chi connectivity index (χ3v) is 6.76. The van der Waals surface area contributed by atoms with E-state index in [1.165, 1.54) is 30.2 Å². The molecule has 0 saturated heterocycles. The number of benzene rings is 2. The van der Waals surface area contributed by atoms with E-state index < -0.39 is 28.5 Å². The summed E-state index contributed by atoms with van der Waals surface area (Å²) in [5.74, 6) is -0.297. The zero-order chi connectivity index (χ0) is 25.5. The van der Waals surface area contributed by atoms with Crippen molar-refractivity contribution in [3.63, 3.8) is 0 Å². The maximum atomic E-state index is 13.6. The van der Waals surface area contributed by atoms with Crippen LogP contribution < -0.4 is 14.4 Å². The van der Waals surface area contributed by atoms with Gasteiger partial charge in [-0.3, -0.25) is 13.9 Å². The highest BCUT2D eigenvalue weighted by atomic mass is 35.5. The fraction of sp³-hybridized carbons (Fsp3) is 0.391. The number of nitrogens with one attached hydrogen (secondary N) is 1. The molecule has 34 heavy (non-hydrogen) atoms. The second kappa shape index (κ2) is 12.3. The van der Waals surface area contributed by atoms with Crippen molar-refractivity contribution in [3.05, 3.63) is 58.1 Å². The summed E-state index contributed by atoms with van der Waals surface area (Å²) in [5.41, 5.74) is 0.805. The van der Waals surface area contributed by atoms with Crippen LogP contribution in [0.4, 0.5) is 5.69 Å². The molecule has 0 aliphatic rings. The van der Waals surface area contributed by atoms with Gasteiger partial charge in [-0.15, -0.1) is 0 Å². The number of carbonyl (C=O) groups is 2. The lowest BCUT2D eigenvalue weighted by molar-refractivity contribution is -0.140. The molecule has 0 radical (unpaired) electrons. The topological polar surface area (TPSA) is 96.0 Å². The molecule has 0 heterocycles. The Hall–Kier alpha value is -2.49. The fourth-order valence-electron chi connectivity index (χ4n) is 3.45. The number of hydrogen-bond acceptors (Lipinski definition) is 5. The van der Waals surface area contributed by atoms with Gasteiger partial charge >= 0.3 is 0 Å². The lowest BCUT2D eigenvalue weighted by atomic mass is 10.1. The van der Waals surface area contributed by atoms with Crippen LogP contribution in [0.3, 0.4) is 0 Å². The molecule has 2 aromatic carbocycles. The highest BCUT2D eigenvalue weighted by molar-refractivity contribution is 7.92. The standard InChI is InChI=1S/C23H29Cl2N3O5S/c1-5-20(23(30)26-6-2)27(14-16-8-7-9-18(12-16)33-3)22(29)15-28(34(4,31)32)21-13-17(24)10-11-19(21)25/h7-13,20H,5-6,14-15H2,1-4H3,(H,26,30)/t20-/m0/s1. The predicted octanol–water partition coefficient (Wildman–Crippen LogP) is 3.71. The normalized spacial score (nSPS) is 12.1. The Kier molecular flexibility index (Phi) is 10.0. The largest absolute Gasteiger partial charge is 0.497 e. The van der Waals surface area contributed by atoms with E-state index in [1.807, 2.05) is 0 Å². The summed E-state index contributed by atoms with van der Waals surface area (Å²) >= 11 is 12.3. The van der Waals surface area contributed by atoms with Crippen molar-refractivity contribution in [1.82, 2.24) is 10.2 Å². The zero-order valence-electron chi connectivity index (χ0n) is 19.5. The van der Waals surface area contributed by atoms with Crippen LogP contribution >= 0.6 is 23.2 Å². The fourth-order valence-corrected chi connectivity index (χ4v) is 4.74. The number of carbonyl (C=O) groups excluding carboxylic acids is 2. The van der Waals surface area contributed by atoms with Crippen LogP contribution in [0.15, 0.2) is 42.5 Å². The Balaban J connectivity index is 2.49. The molecule has 0 aliphatic heterocycles. The van der Waals surface area contributed by atoms with Gasteiger partial charge in [0.1, 0.15) is 18.3 Å². The van der Waals surface area contributed by atoms with Gasteiger partial charge < -0.3 is 15.0 Å². The van der Waals surface area contributed by atoms with E-state index in [4.69, 9.17) is 27.9 Å². The molecule has 0 saturated carbocycles. The number of likely N-dealkylation sites (N-methyl/N-ethyl adjacent to an activating group) is 1. The van der Waals surface area contributed by atoms with Crippen molar-refractivity contribution in [2.24, 2.45) is 0 Å². The molecule has 2 rings (SSSR count). The number of anilines is 1. The summed E-state index contributed by atoms with van der Waals surface area (Å²) in [6.07, 6.45) is 1.31. The number of methoxy groups -OCH3 is 1. The van der Waals surface area contributed by atoms with E-state index in [2.05, 4.69) is 5.32 Å². The Bertz CT molecular complexity index is 1130. The predicted molar refractivity (Wildman–Crippen MR) is 135 cm³/mol. The van der Waals surface area contributed by atoms with Crippen molar-refractivity contribution in [1.29, 1.82) is 0 Å². The van der Waals surface area contributed by atoms with Gasteiger partial charge in [-0.25, -0.2) is 8.42 Å². The maximum Gasteiger partial charge on any atom is 0.244 e. The Morgan fingerprint density at radius 3 is 2.41 bits per heavy atom. The van der Waals surface area contributed by atoms with Crippen LogP contribution in [0.25, 0.3) is 0 Å². The van der Waals surface area contributed by atoms with Gasteiger partial charge in [0, 0.05) is 18.1 Å². The molecular formula is C23H29Cl2N3O5S. The molecule has 2 aromatic rings. The molecule has 186 valence electrons. The number of halogens is 2. The molecule has 0 unspecified atom stereocenters. The van der Waals surface area contributed by atoms with Crippen LogP contribution in [0.1, 0.15) is 25.8 Å². The number of ether oxygens (including phenoxy) is 1. The molecule has 2 amide bonds. The average molecular weight is 530 g/mol. The highest BCUT2D eigenvalue weighted by Gasteiger charge is 2.32. The molecule has 0 spiro atoms. The first kappa shape index (κ1) is 27.8.